The van der Waals surface area contributed by atoms with Crippen molar-refractivity contribution in [3.8, 4) is 35.4 Å². The van der Waals surface area contributed by atoms with Crippen LogP contribution in [0.5, 0.6) is 11.5 Å². The standard InChI is InChI=1S/C28H40N2O2/c1-3-21-31-27-24-28(32-22-4-2)26(14-12-20-30-17-9-6-10-18-30)23-25(27)13-11-19-29-15-7-5-8-16-29/h23-24H,3-10,13-18,21-22H2,1-2H3. The number of nitrogens with zero attached hydrogens (tertiary/aromatic N) is 2. The Labute approximate surface area is 195 Å². The van der Waals surface area contributed by atoms with E-state index in [1.807, 2.05) is 0 Å². The lowest BCUT2D eigenvalue weighted by atomic mass is 10.0. The summed E-state index contributed by atoms with van der Waals surface area (Å²) in [5.74, 6) is 8.60. The zero-order valence-electron chi connectivity index (χ0n) is 20.2. The molecule has 0 spiro atoms. The first-order valence-corrected chi connectivity index (χ1v) is 12.7. The van der Waals surface area contributed by atoms with Crippen LogP contribution in [0.3, 0.4) is 0 Å². The molecule has 1 aromatic rings. The average Bonchev–Trinajstić information content (AvgIpc) is 2.84. The third kappa shape index (κ3) is 7.90. The molecule has 0 aliphatic carbocycles. The number of rotatable bonds is 8. The van der Waals surface area contributed by atoms with E-state index in [0.717, 1.165) is 61.6 Å². The summed E-state index contributed by atoms with van der Waals surface area (Å²) in [6.45, 7) is 10.0. The van der Waals surface area contributed by atoms with Crippen LogP contribution in [0.1, 0.15) is 76.3 Å². The van der Waals surface area contributed by atoms with Gasteiger partial charge < -0.3 is 19.3 Å². The van der Waals surface area contributed by atoms with E-state index in [1.54, 1.807) is 0 Å². The van der Waals surface area contributed by atoms with E-state index < -0.39 is 0 Å². The van der Waals surface area contributed by atoms with Gasteiger partial charge in [-0.15, -0.1) is 0 Å². The van der Waals surface area contributed by atoms with Crippen molar-refractivity contribution >= 4 is 0 Å². The summed E-state index contributed by atoms with van der Waals surface area (Å²) in [7, 11) is 0. The average molecular weight is 437 g/mol. The Hall–Kier alpha value is -2.46. The number of ether oxygens (including phenoxy) is 2. The number of piperidine rings is 2. The Morgan fingerprint density at radius 3 is 1.50 bits per heavy atom. The van der Waals surface area contributed by atoms with Gasteiger partial charge >= 0.3 is 0 Å². The number of hydrogen-bond donors (Lipinski definition) is 0. The molecular formula is C28H40N2O2. The van der Waals surface area contributed by atoms with Gasteiger partial charge in [-0.3, -0.25) is 0 Å². The van der Waals surface area contributed by atoms with Crippen LogP contribution in [0.4, 0.5) is 0 Å². The molecule has 0 radical (unpaired) electrons. The van der Waals surface area contributed by atoms with Gasteiger partial charge in [0.1, 0.15) is 11.5 Å². The van der Waals surface area contributed by atoms with Crippen LogP contribution < -0.4 is 9.47 Å². The molecule has 2 heterocycles. The summed E-state index contributed by atoms with van der Waals surface area (Å²) in [5.41, 5.74) is 2.28. The van der Waals surface area contributed by atoms with Crippen LogP contribution in [0.2, 0.25) is 0 Å². The van der Waals surface area contributed by atoms with Crippen molar-refractivity contribution in [2.75, 3.05) is 39.4 Å². The largest absolute Gasteiger partial charge is 0.493 e. The van der Waals surface area contributed by atoms with Gasteiger partial charge in [-0.05, 0) is 57.4 Å². The summed E-state index contributed by atoms with van der Waals surface area (Å²) in [6, 6.07) is 11.0. The number of hydrogen-bond acceptors (Lipinski definition) is 4. The Bertz CT molecular complexity index is 750. The van der Waals surface area contributed by atoms with Gasteiger partial charge in [0.15, 0.2) is 0 Å². The second-order valence-electron chi connectivity index (χ2n) is 8.79. The van der Waals surface area contributed by atoms with Crippen molar-refractivity contribution in [2.24, 2.45) is 0 Å². The Kier molecular flexibility index (Phi) is 10.5. The quantitative estimate of drug-likeness (QED) is 0.520. The SMILES string of the molecule is CCCOc1cc(OCCC)c(CC#CN2CCCCC2)cc1CC#CN1CCCCC1. The fraction of sp³-hybridized carbons (Fsp3) is 0.643. The Morgan fingerprint density at radius 1 is 0.656 bits per heavy atom. The van der Waals surface area contributed by atoms with E-state index in [9.17, 15) is 0 Å². The minimum absolute atomic E-state index is 0.691. The molecule has 4 heteroatoms. The molecular weight excluding hydrogens is 396 g/mol. The minimum Gasteiger partial charge on any atom is -0.493 e. The monoisotopic (exact) mass is 436 g/mol. The van der Waals surface area contributed by atoms with E-state index >= 15 is 0 Å². The van der Waals surface area contributed by atoms with E-state index in [4.69, 9.17) is 9.47 Å². The zero-order chi connectivity index (χ0) is 22.4. The molecule has 0 unspecified atom stereocenters. The molecule has 4 nitrogen and oxygen atoms in total. The molecule has 0 atom stereocenters. The lowest BCUT2D eigenvalue weighted by molar-refractivity contribution is 0.298. The van der Waals surface area contributed by atoms with Crippen LogP contribution in [0.25, 0.3) is 0 Å². The topological polar surface area (TPSA) is 24.9 Å². The zero-order valence-corrected chi connectivity index (χ0v) is 20.2. The van der Waals surface area contributed by atoms with E-state index in [0.29, 0.717) is 26.1 Å². The summed E-state index contributed by atoms with van der Waals surface area (Å²) >= 11 is 0. The molecule has 32 heavy (non-hydrogen) atoms. The molecule has 2 fully saturated rings. The highest BCUT2D eigenvalue weighted by molar-refractivity contribution is 5.49. The van der Waals surface area contributed by atoms with Crippen molar-refractivity contribution in [3.63, 3.8) is 0 Å². The highest BCUT2D eigenvalue weighted by Crippen LogP contribution is 2.31. The molecule has 2 aliphatic heterocycles. The van der Waals surface area contributed by atoms with Gasteiger partial charge in [0, 0.05) is 68.3 Å². The van der Waals surface area contributed by atoms with E-state index in [1.165, 1.54) is 38.5 Å². The van der Waals surface area contributed by atoms with Gasteiger partial charge in [0.2, 0.25) is 0 Å². The van der Waals surface area contributed by atoms with Gasteiger partial charge in [0.25, 0.3) is 0 Å². The van der Waals surface area contributed by atoms with Crippen LogP contribution in [0.15, 0.2) is 12.1 Å². The van der Waals surface area contributed by atoms with Crippen molar-refractivity contribution in [3.05, 3.63) is 23.3 Å². The molecule has 0 aromatic heterocycles. The first kappa shape index (κ1) is 24.2. The lowest BCUT2D eigenvalue weighted by Gasteiger charge is -2.22. The minimum atomic E-state index is 0.691. The van der Waals surface area contributed by atoms with Crippen LogP contribution in [-0.2, 0) is 12.8 Å². The molecule has 2 aliphatic rings. The van der Waals surface area contributed by atoms with Crippen molar-refractivity contribution in [1.82, 2.24) is 9.80 Å². The van der Waals surface area contributed by atoms with Crippen LogP contribution >= 0.6 is 0 Å². The Balaban J connectivity index is 1.79. The fourth-order valence-electron chi connectivity index (χ4n) is 4.13. The smallest absolute Gasteiger partial charge is 0.127 e. The second-order valence-corrected chi connectivity index (χ2v) is 8.79. The van der Waals surface area contributed by atoms with Crippen LogP contribution in [0, 0.1) is 23.9 Å². The first-order valence-electron chi connectivity index (χ1n) is 12.7. The molecule has 0 amide bonds. The molecule has 0 bridgehead atoms. The van der Waals surface area contributed by atoms with Gasteiger partial charge in [-0.1, -0.05) is 25.7 Å². The molecule has 174 valence electrons. The summed E-state index contributed by atoms with van der Waals surface area (Å²) < 4.78 is 12.2. The number of benzene rings is 1. The molecule has 0 saturated carbocycles. The third-order valence-electron chi connectivity index (χ3n) is 5.91. The van der Waals surface area contributed by atoms with Gasteiger partial charge in [-0.25, -0.2) is 0 Å². The van der Waals surface area contributed by atoms with Crippen molar-refractivity contribution in [2.45, 2.75) is 78.1 Å². The first-order chi connectivity index (χ1) is 15.8. The van der Waals surface area contributed by atoms with Crippen LogP contribution in [-0.4, -0.2) is 49.2 Å². The highest BCUT2D eigenvalue weighted by Gasteiger charge is 2.13. The summed E-state index contributed by atoms with van der Waals surface area (Å²) in [5, 5.41) is 0. The third-order valence-corrected chi connectivity index (χ3v) is 5.91. The maximum atomic E-state index is 6.10. The van der Waals surface area contributed by atoms with E-state index in [2.05, 4.69) is 59.7 Å². The van der Waals surface area contributed by atoms with Gasteiger partial charge in [0.05, 0.1) is 13.2 Å². The van der Waals surface area contributed by atoms with Gasteiger partial charge in [-0.2, -0.15) is 0 Å². The second kappa shape index (κ2) is 13.8. The van der Waals surface area contributed by atoms with E-state index in [-0.39, 0.29) is 0 Å². The highest BCUT2D eigenvalue weighted by atomic mass is 16.5. The Morgan fingerprint density at radius 2 is 1.09 bits per heavy atom. The lowest BCUT2D eigenvalue weighted by Crippen LogP contribution is -2.24. The normalized spacial score (nSPS) is 15.9. The van der Waals surface area contributed by atoms with Crippen molar-refractivity contribution in [1.29, 1.82) is 0 Å². The summed E-state index contributed by atoms with van der Waals surface area (Å²) in [6.07, 6.45) is 11.0. The predicted octanol–water partition coefficient (Wildman–Crippen LogP) is 5.24. The molecule has 0 N–H and O–H groups in total. The molecule has 3 rings (SSSR count). The maximum Gasteiger partial charge on any atom is 0.127 e. The predicted molar refractivity (Wildman–Crippen MR) is 132 cm³/mol. The van der Waals surface area contributed by atoms with Crippen molar-refractivity contribution < 1.29 is 9.47 Å². The fourth-order valence-corrected chi connectivity index (χ4v) is 4.13. The maximum absolute atomic E-state index is 6.10. The number of likely N-dealkylation sites (tertiary alicyclic amines) is 2. The summed E-state index contributed by atoms with van der Waals surface area (Å²) in [4.78, 5) is 4.53. The molecule has 1 aromatic carbocycles. The molecule has 2 saturated heterocycles.